The highest BCUT2D eigenvalue weighted by molar-refractivity contribution is 5.89. The largest absolute Gasteiger partial charge is 0.493 e. The molecule has 1 saturated carbocycles. The first-order valence-corrected chi connectivity index (χ1v) is 20.5. The number of quaternary nitrogens is 2. The Morgan fingerprint density at radius 1 is 0.569 bits per heavy atom. The molecule has 58 heavy (non-hydrogen) atoms. The predicted molar refractivity (Wildman–Crippen MR) is 210 cm³/mol. The summed E-state index contributed by atoms with van der Waals surface area (Å²) < 4.78 is 34.8. The highest BCUT2D eigenvalue weighted by Gasteiger charge is 2.76. The van der Waals surface area contributed by atoms with Crippen LogP contribution in [0.25, 0.3) is 0 Å². The van der Waals surface area contributed by atoms with Crippen LogP contribution < -0.4 is 28.4 Å². The highest BCUT2D eigenvalue weighted by atomic mass is 16.6. The van der Waals surface area contributed by atoms with Crippen molar-refractivity contribution < 1.29 is 66.8 Å². The zero-order chi connectivity index (χ0) is 41.9. The van der Waals surface area contributed by atoms with Gasteiger partial charge in [0.15, 0.2) is 23.0 Å². The number of nitrogens with zero attached hydrogens (tertiary/aromatic N) is 2. The van der Waals surface area contributed by atoms with E-state index in [1.165, 1.54) is 42.3 Å². The molecule has 2 aromatic carbocycles. The smallest absolute Gasteiger partial charge is 0.311 e. The lowest BCUT2D eigenvalue weighted by Crippen LogP contribution is -2.71. The fourth-order valence-electron chi connectivity index (χ4n) is 12.9. The number of carbonyl (C=O) groups excluding carboxylic acids is 2. The second-order valence-corrected chi connectivity index (χ2v) is 18.0. The maximum absolute atomic E-state index is 13.9. The Bertz CT molecular complexity index is 1760. The summed E-state index contributed by atoms with van der Waals surface area (Å²) in [5, 5.41) is 22.7. The van der Waals surface area contributed by atoms with Gasteiger partial charge in [-0.05, 0) is 48.9 Å². The number of benzene rings is 2. The average Bonchev–Trinajstić information content (AvgIpc) is 3.38. The zero-order valence-electron chi connectivity index (χ0n) is 35.1. The van der Waals surface area contributed by atoms with Crippen molar-refractivity contribution in [2.45, 2.75) is 115 Å². The molecule has 5 fully saturated rings. The Morgan fingerprint density at radius 2 is 0.845 bits per heavy atom. The van der Waals surface area contributed by atoms with E-state index >= 15 is 0 Å². The van der Waals surface area contributed by atoms with E-state index in [0.29, 0.717) is 83.6 Å². The molecule has 0 spiro atoms. The van der Waals surface area contributed by atoms with Crippen LogP contribution in [0, 0.1) is 22.7 Å². The van der Waals surface area contributed by atoms with Crippen LogP contribution in [0.2, 0.25) is 0 Å². The van der Waals surface area contributed by atoms with E-state index in [2.05, 4.69) is 14.1 Å². The summed E-state index contributed by atoms with van der Waals surface area (Å²) in [6.45, 7) is 3.94. The van der Waals surface area contributed by atoms with Gasteiger partial charge in [0.2, 0.25) is 11.5 Å². The second kappa shape index (κ2) is 15.2. The molecule has 6 atom stereocenters. The third-order valence-electron chi connectivity index (χ3n) is 15.7. The molecular formula is C44H60N2O12+2. The first-order chi connectivity index (χ1) is 27.5. The molecular weight excluding hydrogens is 748 g/mol. The number of hydrogen-bond donors (Lipinski definition) is 2. The van der Waals surface area contributed by atoms with Gasteiger partial charge in [-0.1, -0.05) is 0 Å². The number of rotatable bonds is 14. The summed E-state index contributed by atoms with van der Waals surface area (Å²) in [6, 6.07) is 8.13. The molecule has 316 valence electrons. The van der Waals surface area contributed by atoms with Crippen LogP contribution in [-0.2, 0) is 32.3 Å². The summed E-state index contributed by atoms with van der Waals surface area (Å²) in [4.78, 5) is 51.4. The molecule has 0 amide bonds. The lowest BCUT2D eigenvalue weighted by molar-refractivity contribution is -0.963. The molecule has 0 radical (unpaired) electrons. The van der Waals surface area contributed by atoms with E-state index in [4.69, 9.17) is 28.4 Å². The van der Waals surface area contributed by atoms with Crippen molar-refractivity contribution in [3.63, 3.8) is 0 Å². The normalized spacial score (nSPS) is 34.7. The Labute approximate surface area is 340 Å². The van der Waals surface area contributed by atoms with Gasteiger partial charge < -0.3 is 47.6 Å². The first-order valence-electron chi connectivity index (χ1n) is 20.5. The number of hydrogen-bond acceptors (Lipinski definition) is 10. The molecule has 5 aliphatic rings. The molecule has 1 aliphatic carbocycles. The van der Waals surface area contributed by atoms with Crippen LogP contribution >= 0.6 is 0 Å². The minimum Gasteiger partial charge on any atom is -0.493 e. The van der Waals surface area contributed by atoms with Gasteiger partial charge in [0.1, 0.15) is 13.1 Å². The minimum atomic E-state index is -1.35. The van der Waals surface area contributed by atoms with E-state index in [1.807, 2.05) is 24.3 Å². The maximum atomic E-state index is 13.9. The van der Waals surface area contributed by atoms with Crippen molar-refractivity contribution in [2.75, 3.05) is 42.5 Å². The molecule has 4 saturated heterocycles. The Hall–Kier alpha value is -4.56. The maximum Gasteiger partial charge on any atom is 0.311 e. The third-order valence-corrected chi connectivity index (χ3v) is 15.7. The van der Waals surface area contributed by atoms with E-state index in [1.54, 1.807) is 0 Å². The van der Waals surface area contributed by atoms with Crippen molar-refractivity contribution in [3.8, 4) is 34.5 Å². The topological polar surface area (TPSA) is 164 Å². The number of carboxylic acid groups (broad SMARTS) is 2. The van der Waals surface area contributed by atoms with Gasteiger partial charge in [-0.15, -0.1) is 0 Å². The Balaban J connectivity index is 1.14. The predicted octanol–water partition coefficient (Wildman–Crippen LogP) is 5.98. The summed E-state index contributed by atoms with van der Waals surface area (Å²) in [6.07, 6.45) is 7.09. The van der Waals surface area contributed by atoms with Crippen LogP contribution in [0.1, 0.15) is 89.2 Å². The van der Waals surface area contributed by atoms with E-state index < -0.39 is 34.7 Å². The Kier molecular flexibility index (Phi) is 10.9. The van der Waals surface area contributed by atoms with Crippen LogP contribution in [0.5, 0.6) is 34.5 Å². The van der Waals surface area contributed by atoms with Gasteiger partial charge in [0, 0.05) is 76.3 Å². The van der Waals surface area contributed by atoms with Crippen molar-refractivity contribution in [1.29, 1.82) is 0 Å². The number of aliphatic carboxylic acids is 2. The molecule has 14 heteroatoms. The lowest BCUT2D eigenvalue weighted by Gasteiger charge is -2.64. The summed E-state index contributed by atoms with van der Waals surface area (Å²) in [7, 11) is 10.6. The average molecular weight is 809 g/mol. The zero-order valence-corrected chi connectivity index (χ0v) is 35.1. The first kappa shape index (κ1) is 41.6. The molecule has 4 bridgehead atoms. The standard InChI is InChI=1S/C44H58N2O12/c1-25(47)57-39-35(53-5)15-27(16-36(39)54-6)23-45(3)31-9-10-32(45)20-29(19-31)43(41(49)50)13-14-44(43,42(51)52)30-21-33-11-12-34(22-30)46(33,4)24-28-17-37(55-7)40(58-26(2)48)38(18-28)56-8/h15-18,29-34H,9-14,19-24H2,1-8H3/p+2/t29?,30?,31?,32?,33?,34?,43-,44+,45?,46?. The summed E-state index contributed by atoms with van der Waals surface area (Å²) >= 11 is 0. The van der Waals surface area contributed by atoms with Crippen LogP contribution in [0.3, 0.4) is 0 Å². The minimum absolute atomic E-state index is 0.154. The molecule has 4 unspecified atom stereocenters. The fraction of sp³-hybridized carbons (Fsp3) is 0.636. The van der Waals surface area contributed by atoms with Crippen molar-refractivity contribution in [2.24, 2.45) is 22.7 Å². The second-order valence-electron chi connectivity index (χ2n) is 18.0. The summed E-state index contributed by atoms with van der Waals surface area (Å²) in [5.74, 6) is -1.34. The van der Waals surface area contributed by atoms with E-state index in [0.717, 1.165) is 36.8 Å². The lowest BCUT2D eigenvalue weighted by atomic mass is 9.38. The highest BCUT2D eigenvalue weighted by Crippen LogP contribution is 2.71. The van der Waals surface area contributed by atoms with Crippen LogP contribution in [-0.4, -0.2) is 110 Å². The van der Waals surface area contributed by atoms with Crippen LogP contribution in [0.4, 0.5) is 0 Å². The van der Waals surface area contributed by atoms with Gasteiger partial charge in [-0.3, -0.25) is 19.2 Å². The number of esters is 2. The van der Waals surface area contributed by atoms with Crippen molar-refractivity contribution >= 4 is 23.9 Å². The van der Waals surface area contributed by atoms with Crippen molar-refractivity contribution in [1.82, 2.24) is 0 Å². The number of carbonyl (C=O) groups is 4. The quantitative estimate of drug-likeness (QED) is 0.131. The Morgan fingerprint density at radius 3 is 1.05 bits per heavy atom. The third kappa shape index (κ3) is 6.36. The number of carboxylic acids is 2. The van der Waals surface area contributed by atoms with Crippen LogP contribution in [0.15, 0.2) is 24.3 Å². The number of ether oxygens (including phenoxy) is 6. The van der Waals surface area contributed by atoms with Crippen molar-refractivity contribution in [3.05, 3.63) is 35.4 Å². The molecule has 2 N–H and O–H groups in total. The molecule has 7 rings (SSSR count). The van der Waals surface area contributed by atoms with Gasteiger partial charge >= 0.3 is 23.9 Å². The van der Waals surface area contributed by atoms with E-state index in [9.17, 15) is 29.4 Å². The van der Waals surface area contributed by atoms with Gasteiger partial charge in [-0.2, -0.15) is 0 Å². The molecule has 2 aromatic rings. The van der Waals surface area contributed by atoms with Gasteiger partial charge in [0.05, 0.1) is 77.5 Å². The molecule has 0 aromatic heterocycles. The molecule has 14 nitrogen and oxygen atoms in total. The van der Waals surface area contributed by atoms with Gasteiger partial charge in [-0.25, -0.2) is 0 Å². The molecule has 4 aliphatic heterocycles. The number of fused-ring (bicyclic) bond motifs is 4. The summed E-state index contributed by atoms with van der Waals surface area (Å²) in [5.41, 5.74) is -0.785. The monoisotopic (exact) mass is 808 g/mol. The number of piperidine rings is 2. The molecule has 4 heterocycles. The number of methoxy groups -OCH3 is 4. The van der Waals surface area contributed by atoms with Gasteiger partial charge in [0.25, 0.3) is 0 Å². The van der Waals surface area contributed by atoms with E-state index in [-0.39, 0.29) is 47.5 Å². The fourth-order valence-corrected chi connectivity index (χ4v) is 12.9. The SMILES string of the molecule is COc1cc(C[N+]2(C)C3CCC2CC([C@@]2(C(=O)O)CC[C@@]2(C(=O)O)C2CC4CCC(C2)[N+]4(C)Cc2cc(OC)c(OC(C)=O)c(OC)c2)C3)cc(OC)c1OC(C)=O.